The Morgan fingerprint density at radius 3 is 2.42 bits per heavy atom. The predicted molar refractivity (Wildman–Crippen MR) is 205 cm³/mol. The first-order chi connectivity index (χ1) is 28.7. The highest BCUT2D eigenvalue weighted by Crippen LogP contribution is 2.38. The molecule has 4 heterocycles. The molecule has 3 aromatic carbocycles. The van der Waals surface area contributed by atoms with Gasteiger partial charge in [0.1, 0.15) is 24.1 Å². The van der Waals surface area contributed by atoms with Gasteiger partial charge in [-0.2, -0.15) is 0 Å². The Hall–Kier alpha value is -5.16. The number of hydrogen-bond acceptors (Lipinski definition) is 15. The number of fused-ring (bicyclic) bond motifs is 2. The monoisotopic (exact) mass is 827 g/mol. The Morgan fingerprint density at radius 1 is 0.881 bits per heavy atom. The zero-order valence-electron chi connectivity index (χ0n) is 32.1. The summed E-state index contributed by atoms with van der Waals surface area (Å²) in [6.45, 7) is 3.94. The molecule has 59 heavy (non-hydrogen) atoms. The van der Waals surface area contributed by atoms with Crippen LogP contribution in [0.2, 0.25) is 0 Å². The van der Waals surface area contributed by atoms with E-state index in [0.29, 0.717) is 86.3 Å². The largest absolute Gasteiger partial charge is 0.385 e. The van der Waals surface area contributed by atoms with Gasteiger partial charge >= 0.3 is 0 Å². The minimum atomic E-state index is -2.17. The maximum absolute atomic E-state index is 13.5. The summed E-state index contributed by atoms with van der Waals surface area (Å²) in [4.78, 5) is 55.8. The molecule has 3 aliphatic heterocycles. The maximum atomic E-state index is 13.5. The molecular weight excluding hydrogens is 780 g/mol. The topological polar surface area (TPSA) is 199 Å². The van der Waals surface area contributed by atoms with Gasteiger partial charge in [-0.15, -0.1) is 0 Å². The van der Waals surface area contributed by atoms with Gasteiger partial charge in [0.25, 0.3) is 17.6 Å². The molecule has 2 fully saturated rings. The van der Waals surface area contributed by atoms with E-state index in [2.05, 4.69) is 26.6 Å². The van der Waals surface area contributed by atoms with E-state index in [4.69, 9.17) is 38.4 Å². The van der Waals surface area contributed by atoms with E-state index in [1.54, 1.807) is 24.3 Å². The Labute approximate surface area is 337 Å². The number of hydrogen-bond donors (Lipinski definition) is 6. The van der Waals surface area contributed by atoms with Crippen LogP contribution in [0.25, 0.3) is 10.9 Å². The molecule has 318 valence electrons. The van der Waals surface area contributed by atoms with E-state index in [9.17, 15) is 23.5 Å². The predicted octanol–water partition coefficient (Wildman–Crippen LogP) is 3.70. The first kappa shape index (κ1) is 42.0. The molecule has 4 aromatic rings. The Kier molecular flexibility index (Phi) is 14.4. The van der Waals surface area contributed by atoms with Crippen molar-refractivity contribution in [2.45, 2.75) is 50.7 Å². The van der Waals surface area contributed by atoms with Gasteiger partial charge in [0.15, 0.2) is 11.5 Å². The molecular formula is C39H47F2N7O11. The van der Waals surface area contributed by atoms with Crippen molar-refractivity contribution in [3.8, 4) is 11.5 Å². The number of aliphatic hydroxyl groups is 1. The number of nitrogens with one attached hydrogen (secondary N) is 5. The lowest BCUT2D eigenvalue weighted by Crippen LogP contribution is -2.47. The fourth-order valence-electron chi connectivity index (χ4n) is 6.31. The summed E-state index contributed by atoms with van der Waals surface area (Å²) < 4.78 is 43.9. The number of rotatable bonds is 21. The first-order valence-corrected chi connectivity index (χ1v) is 19.3. The molecule has 0 aliphatic carbocycles. The third-order valence-electron chi connectivity index (χ3n) is 9.33. The molecule has 7 rings (SSSR count). The average Bonchev–Trinajstić information content (AvgIpc) is 3.98. The number of carbonyl (C=O) groups is 2. The quantitative estimate of drug-likeness (QED) is 0.0525. The van der Waals surface area contributed by atoms with E-state index in [-0.39, 0.29) is 37.7 Å². The molecule has 6 N–H and O–H groups in total. The van der Waals surface area contributed by atoms with Crippen LogP contribution in [0.5, 0.6) is 11.5 Å². The number of benzene rings is 3. The second-order valence-corrected chi connectivity index (χ2v) is 13.8. The average molecular weight is 828 g/mol. The summed E-state index contributed by atoms with van der Waals surface area (Å²) in [6.07, 6.45) is 2.39. The Morgan fingerprint density at radius 2 is 1.64 bits per heavy atom. The van der Waals surface area contributed by atoms with Crippen molar-refractivity contribution >= 4 is 34.1 Å². The van der Waals surface area contributed by atoms with Gasteiger partial charge in [-0.1, -0.05) is 5.64 Å². The van der Waals surface area contributed by atoms with Crippen LogP contribution in [-0.2, 0) is 40.1 Å². The van der Waals surface area contributed by atoms with Crippen LogP contribution >= 0.6 is 0 Å². The first-order valence-electron chi connectivity index (χ1n) is 19.3. The van der Waals surface area contributed by atoms with Gasteiger partial charge in [0.05, 0.1) is 30.7 Å². The second-order valence-electron chi connectivity index (χ2n) is 13.8. The number of carbonyl (C=O) groups excluding carboxylic acids is 2. The molecule has 0 saturated carbocycles. The Balaban J connectivity index is 0.699. The number of H-pyrrole nitrogens is 1. The summed E-state index contributed by atoms with van der Waals surface area (Å²) in [5, 5.41) is 22.8. The maximum Gasteiger partial charge on any atom is 0.282 e. The molecule has 2 atom stereocenters. The van der Waals surface area contributed by atoms with E-state index in [1.807, 2.05) is 18.2 Å². The number of amides is 2. The van der Waals surface area contributed by atoms with Crippen LogP contribution in [0.15, 0.2) is 60.7 Å². The van der Waals surface area contributed by atoms with Crippen LogP contribution in [0.3, 0.4) is 0 Å². The van der Waals surface area contributed by atoms with Gasteiger partial charge in [-0.3, -0.25) is 24.3 Å². The molecule has 18 nitrogen and oxygen atoms in total. The minimum absolute atomic E-state index is 0.0236. The van der Waals surface area contributed by atoms with Gasteiger partial charge in [-0.25, -0.2) is 13.6 Å². The molecule has 0 bridgehead atoms. The molecule has 2 amide bonds. The SMILES string of the molecule is O=C(NCOCCCOCCCOCCCNc1ccc2c(c1)ON(C1CCONO1)O2)c1cc2cc(N3CCC(O)(C(=O)NCc4cc(F)cc(F)c4)O3)ccc2[nH]1. The molecule has 1 aromatic heterocycles. The number of ether oxygens (including phenoxy) is 3. The summed E-state index contributed by atoms with van der Waals surface area (Å²) >= 11 is 0. The van der Waals surface area contributed by atoms with Crippen molar-refractivity contribution in [1.82, 2.24) is 26.5 Å². The molecule has 20 heteroatoms. The summed E-state index contributed by atoms with van der Waals surface area (Å²) in [6, 6.07) is 15.4. The number of aromatic nitrogens is 1. The van der Waals surface area contributed by atoms with Crippen LogP contribution < -0.4 is 36.3 Å². The number of anilines is 2. The zero-order valence-corrected chi connectivity index (χ0v) is 32.1. The van der Waals surface area contributed by atoms with Crippen molar-refractivity contribution < 1.29 is 61.9 Å². The standard InChI is InChI=1S/C39H47F2N7O11/c40-28-18-26(19-29(41)22-28)24-43-38(50)39(51)9-11-47(59-39)31-5-6-32-27(20-31)21-33(45-32)37(49)44-25-54-16-3-15-53-14-2-13-52-12-1-10-42-30-4-7-34-35(23-30)58-48(57-34)36-8-17-55-46-56-36/h4-7,18-23,36,42,45-46,51H,1-3,8-17,24-25H2,(H,43,50)(H,44,49). The van der Waals surface area contributed by atoms with E-state index >= 15 is 0 Å². The lowest BCUT2D eigenvalue weighted by Gasteiger charge is -2.26. The molecule has 2 unspecified atom stereocenters. The van der Waals surface area contributed by atoms with E-state index in [0.717, 1.165) is 43.3 Å². The summed E-state index contributed by atoms with van der Waals surface area (Å²) in [5.74, 6) is -3.70. The number of halogens is 2. The third-order valence-corrected chi connectivity index (χ3v) is 9.33. The second kappa shape index (κ2) is 20.2. The Bertz CT molecular complexity index is 2020. The molecule has 0 radical (unpaired) electrons. The van der Waals surface area contributed by atoms with E-state index in [1.165, 1.54) is 10.3 Å². The van der Waals surface area contributed by atoms with Crippen molar-refractivity contribution in [3.05, 3.63) is 83.6 Å². The van der Waals surface area contributed by atoms with Gasteiger partial charge in [0, 0.05) is 81.1 Å². The zero-order chi connectivity index (χ0) is 41.0. The highest BCUT2D eigenvalue weighted by molar-refractivity contribution is 5.98. The smallest absolute Gasteiger partial charge is 0.282 e. The third kappa shape index (κ3) is 11.5. The van der Waals surface area contributed by atoms with Gasteiger partial charge < -0.3 is 49.9 Å². The summed E-state index contributed by atoms with van der Waals surface area (Å²) in [7, 11) is 0. The summed E-state index contributed by atoms with van der Waals surface area (Å²) in [5.41, 5.74) is 5.05. The fraction of sp³-hybridized carbons (Fsp3) is 0.436. The fourth-order valence-corrected chi connectivity index (χ4v) is 6.31. The number of hydroxylamine groups is 3. The molecule has 2 saturated heterocycles. The van der Waals surface area contributed by atoms with Crippen molar-refractivity contribution in [2.75, 3.05) is 69.8 Å². The molecule has 0 spiro atoms. The molecule has 3 aliphatic rings. The van der Waals surface area contributed by atoms with E-state index < -0.39 is 29.6 Å². The number of nitrogens with zero attached hydrogens (tertiary/aromatic N) is 2. The van der Waals surface area contributed by atoms with Crippen molar-refractivity contribution in [2.24, 2.45) is 0 Å². The highest BCUT2D eigenvalue weighted by atomic mass is 19.1. The van der Waals surface area contributed by atoms with Crippen LogP contribution in [0.4, 0.5) is 20.2 Å². The van der Waals surface area contributed by atoms with Crippen LogP contribution in [0.1, 0.15) is 48.2 Å². The number of aromatic amines is 1. The van der Waals surface area contributed by atoms with Gasteiger partial charge in [0.2, 0.25) is 6.23 Å². The normalized spacial score (nSPS) is 19.0. The highest BCUT2D eigenvalue weighted by Gasteiger charge is 2.45. The van der Waals surface area contributed by atoms with Gasteiger partial charge in [-0.05, 0) is 73.4 Å². The van der Waals surface area contributed by atoms with Crippen LogP contribution in [-0.4, -0.2) is 98.6 Å². The van der Waals surface area contributed by atoms with Crippen molar-refractivity contribution in [1.29, 1.82) is 0 Å². The van der Waals surface area contributed by atoms with Crippen LogP contribution in [0, 0.1) is 11.6 Å². The van der Waals surface area contributed by atoms with Crippen molar-refractivity contribution in [3.63, 3.8) is 0 Å². The lowest BCUT2D eigenvalue weighted by molar-refractivity contribution is -0.376. The minimum Gasteiger partial charge on any atom is -0.385 e. The lowest BCUT2D eigenvalue weighted by atomic mass is 10.1.